The Balaban J connectivity index is 2.09. The lowest BCUT2D eigenvalue weighted by Gasteiger charge is -2.18. The van der Waals surface area contributed by atoms with E-state index in [9.17, 15) is 4.79 Å². The fourth-order valence-corrected chi connectivity index (χ4v) is 2.81. The van der Waals surface area contributed by atoms with Crippen molar-refractivity contribution < 1.29 is 28.1 Å². The van der Waals surface area contributed by atoms with Crippen LogP contribution in [0.4, 0.5) is 0 Å². The summed E-state index contributed by atoms with van der Waals surface area (Å²) >= 11 is 0. The Kier molecular flexibility index (Phi) is 6.16. The molecule has 154 valence electrons. The summed E-state index contributed by atoms with van der Waals surface area (Å²) in [5.74, 6) is 2.28. The lowest BCUT2D eigenvalue weighted by Crippen LogP contribution is -2.12. The van der Waals surface area contributed by atoms with Gasteiger partial charge in [-0.3, -0.25) is 4.79 Å². The summed E-state index contributed by atoms with van der Waals surface area (Å²) in [6.07, 6.45) is 0.741. The number of fused-ring (bicyclic) bond motifs is 1. The molecule has 7 heteroatoms. The van der Waals surface area contributed by atoms with E-state index in [0.29, 0.717) is 23.0 Å². The highest BCUT2D eigenvalue weighted by atomic mass is 16.6. The Labute approximate surface area is 168 Å². The molecule has 29 heavy (non-hydrogen) atoms. The van der Waals surface area contributed by atoms with Crippen LogP contribution in [0.25, 0.3) is 11.0 Å². The van der Waals surface area contributed by atoms with Crippen molar-refractivity contribution >= 4 is 11.0 Å². The highest BCUT2D eigenvalue weighted by Crippen LogP contribution is 2.43. The number of methoxy groups -OCH3 is 3. The van der Waals surface area contributed by atoms with Gasteiger partial charge in [-0.15, -0.1) is 0 Å². The topological polar surface area (TPSA) is 76.4 Å². The van der Waals surface area contributed by atoms with Gasteiger partial charge in [0.15, 0.2) is 11.5 Å². The average Bonchev–Trinajstić information content (AvgIpc) is 2.73. The number of benzene rings is 2. The molecule has 0 fully saturated rings. The van der Waals surface area contributed by atoms with Gasteiger partial charge in [0.05, 0.1) is 33.5 Å². The van der Waals surface area contributed by atoms with Gasteiger partial charge in [0, 0.05) is 6.07 Å². The Morgan fingerprint density at radius 1 is 0.931 bits per heavy atom. The molecular formula is C22H24O7. The zero-order valence-corrected chi connectivity index (χ0v) is 17.1. The van der Waals surface area contributed by atoms with Crippen LogP contribution in [0, 0.1) is 0 Å². The molecule has 3 rings (SSSR count). The monoisotopic (exact) mass is 400 g/mol. The van der Waals surface area contributed by atoms with Gasteiger partial charge in [0.1, 0.15) is 22.5 Å². The molecule has 1 aromatic heterocycles. The molecule has 0 spiro atoms. The van der Waals surface area contributed by atoms with E-state index in [4.69, 9.17) is 28.1 Å². The van der Waals surface area contributed by atoms with Crippen LogP contribution in [0.2, 0.25) is 0 Å². The van der Waals surface area contributed by atoms with Gasteiger partial charge in [0.25, 0.3) is 5.95 Å². The number of hydrogen-bond acceptors (Lipinski definition) is 7. The third kappa shape index (κ3) is 4.23. The SMILES string of the molecule is CCC(C)Oc1cc2oc(Oc3ccc(OC)cc3)cc(=O)c2c(OC)c1OC. The molecule has 7 nitrogen and oxygen atoms in total. The minimum atomic E-state index is -0.319. The standard InChI is InChI=1S/C22H24O7/c1-6-13(2)27-18-12-17-20(22(26-5)21(18)25-4)16(23)11-19(29-17)28-15-9-7-14(24-3)8-10-15/h7-13H,6H2,1-5H3. The number of rotatable bonds is 8. The molecule has 0 radical (unpaired) electrons. The van der Waals surface area contributed by atoms with E-state index >= 15 is 0 Å². The summed E-state index contributed by atoms with van der Waals surface area (Å²) in [4.78, 5) is 12.8. The van der Waals surface area contributed by atoms with E-state index in [1.807, 2.05) is 13.8 Å². The van der Waals surface area contributed by atoms with Crippen LogP contribution in [0.5, 0.6) is 34.7 Å². The van der Waals surface area contributed by atoms with Crippen LogP contribution in [-0.2, 0) is 0 Å². The molecule has 1 heterocycles. The Bertz CT molecular complexity index is 1040. The molecule has 0 saturated carbocycles. The molecule has 0 aliphatic carbocycles. The van der Waals surface area contributed by atoms with Gasteiger partial charge in [-0.25, -0.2) is 0 Å². The van der Waals surface area contributed by atoms with Crippen molar-refractivity contribution in [3.8, 4) is 34.7 Å². The summed E-state index contributed by atoms with van der Waals surface area (Å²) < 4.78 is 33.5. The molecule has 0 amide bonds. The first-order valence-electron chi connectivity index (χ1n) is 9.22. The first-order chi connectivity index (χ1) is 14.0. The minimum absolute atomic E-state index is 0.0503. The fraction of sp³-hybridized carbons (Fsp3) is 0.318. The van der Waals surface area contributed by atoms with Gasteiger partial charge in [0.2, 0.25) is 11.2 Å². The zero-order chi connectivity index (χ0) is 21.0. The van der Waals surface area contributed by atoms with E-state index < -0.39 is 0 Å². The van der Waals surface area contributed by atoms with Gasteiger partial charge in [-0.2, -0.15) is 0 Å². The van der Waals surface area contributed by atoms with Crippen molar-refractivity contribution in [3.05, 3.63) is 46.6 Å². The number of hydrogen-bond donors (Lipinski definition) is 0. The maximum atomic E-state index is 12.8. The van der Waals surface area contributed by atoms with Crippen LogP contribution in [0.1, 0.15) is 20.3 Å². The van der Waals surface area contributed by atoms with Crippen molar-refractivity contribution in [2.75, 3.05) is 21.3 Å². The maximum absolute atomic E-state index is 12.8. The molecule has 0 bridgehead atoms. The summed E-state index contributed by atoms with van der Waals surface area (Å²) in [6, 6.07) is 9.82. The number of ether oxygens (including phenoxy) is 5. The highest BCUT2D eigenvalue weighted by Gasteiger charge is 2.22. The Morgan fingerprint density at radius 3 is 2.17 bits per heavy atom. The Morgan fingerprint density at radius 2 is 1.59 bits per heavy atom. The zero-order valence-electron chi connectivity index (χ0n) is 17.1. The molecule has 1 atom stereocenters. The van der Waals surface area contributed by atoms with E-state index in [0.717, 1.165) is 6.42 Å². The van der Waals surface area contributed by atoms with E-state index in [2.05, 4.69) is 0 Å². The van der Waals surface area contributed by atoms with Crippen LogP contribution in [-0.4, -0.2) is 27.4 Å². The smallest absolute Gasteiger partial charge is 0.294 e. The van der Waals surface area contributed by atoms with Crippen molar-refractivity contribution in [3.63, 3.8) is 0 Å². The highest BCUT2D eigenvalue weighted by molar-refractivity contribution is 5.89. The third-order valence-corrected chi connectivity index (χ3v) is 4.46. The van der Waals surface area contributed by atoms with Gasteiger partial charge in [-0.1, -0.05) is 6.92 Å². The predicted molar refractivity (Wildman–Crippen MR) is 109 cm³/mol. The minimum Gasteiger partial charge on any atom is -0.497 e. The molecule has 0 saturated heterocycles. The van der Waals surface area contributed by atoms with Crippen LogP contribution in [0.15, 0.2) is 45.6 Å². The average molecular weight is 400 g/mol. The van der Waals surface area contributed by atoms with Crippen LogP contribution in [0.3, 0.4) is 0 Å². The molecule has 3 aromatic rings. The summed E-state index contributed by atoms with van der Waals surface area (Å²) in [6.45, 7) is 3.95. The molecule has 2 aromatic carbocycles. The van der Waals surface area contributed by atoms with Crippen LogP contribution >= 0.6 is 0 Å². The predicted octanol–water partition coefficient (Wildman–Crippen LogP) is 4.79. The van der Waals surface area contributed by atoms with Crippen molar-refractivity contribution in [2.45, 2.75) is 26.4 Å². The second kappa shape index (κ2) is 8.77. The second-order valence-corrected chi connectivity index (χ2v) is 6.36. The summed E-state index contributed by atoms with van der Waals surface area (Å²) in [5, 5.41) is 0.253. The summed E-state index contributed by atoms with van der Waals surface area (Å²) in [5.41, 5.74) is -0.0445. The van der Waals surface area contributed by atoms with Gasteiger partial charge >= 0.3 is 0 Å². The van der Waals surface area contributed by atoms with E-state index in [1.165, 1.54) is 20.3 Å². The van der Waals surface area contributed by atoms with E-state index in [1.54, 1.807) is 37.4 Å². The first-order valence-corrected chi connectivity index (χ1v) is 9.22. The largest absolute Gasteiger partial charge is 0.497 e. The maximum Gasteiger partial charge on any atom is 0.294 e. The third-order valence-electron chi connectivity index (χ3n) is 4.46. The lowest BCUT2D eigenvalue weighted by molar-refractivity contribution is 0.205. The van der Waals surface area contributed by atoms with Crippen molar-refractivity contribution in [1.82, 2.24) is 0 Å². The van der Waals surface area contributed by atoms with Crippen molar-refractivity contribution in [2.24, 2.45) is 0 Å². The Hall–Kier alpha value is -3.35. The quantitative estimate of drug-likeness (QED) is 0.538. The van der Waals surface area contributed by atoms with Gasteiger partial charge in [-0.05, 0) is 37.6 Å². The molecule has 0 aliphatic rings. The van der Waals surface area contributed by atoms with Crippen molar-refractivity contribution in [1.29, 1.82) is 0 Å². The molecule has 1 unspecified atom stereocenters. The van der Waals surface area contributed by atoms with Gasteiger partial charge < -0.3 is 28.1 Å². The molecular weight excluding hydrogens is 376 g/mol. The summed E-state index contributed by atoms with van der Waals surface area (Å²) in [7, 11) is 4.54. The van der Waals surface area contributed by atoms with Crippen LogP contribution < -0.4 is 29.1 Å². The second-order valence-electron chi connectivity index (χ2n) is 6.36. The normalized spacial score (nSPS) is 11.8. The molecule has 0 aliphatic heterocycles. The fourth-order valence-electron chi connectivity index (χ4n) is 2.81. The first kappa shape index (κ1) is 20.4. The van der Waals surface area contributed by atoms with E-state index in [-0.39, 0.29) is 34.2 Å². The molecule has 0 N–H and O–H groups in total. The lowest BCUT2D eigenvalue weighted by atomic mass is 10.1.